The van der Waals surface area contributed by atoms with Crippen LogP contribution in [0.4, 0.5) is 4.39 Å². The van der Waals surface area contributed by atoms with E-state index in [4.69, 9.17) is 10.9 Å². The molecule has 1 aromatic carbocycles. The summed E-state index contributed by atoms with van der Waals surface area (Å²) in [5.74, 6) is -0.723. The number of benzene rings is 1. The number of amidine groups is 1. The first-order valence-electron chi connectivity index (χ1n) is 5.67. The van der Waals surface area contributed by atoms with E-state index < -0.39 is 5.82 Å². The van der Waals surface area contributed by atoms with Gasteiger partial charge in [0.15, 0.2) is 11.0 Å². The Balaban J connectivity index is 2.46. The molecule has 9 heteroatoms. The van der Waals surface area contributed by atoms with Gasteiger partial charge < -0.3 is 10.9 Å². The first-order valence-corrected chi connectivity index (χ1v) is 6.49. The molecule has 0 atom stereocenters. The van der Waals surface area contributed by atoms with Crippen molar-refractivity contribution >= 4 is 17.6 Å². The minimum Gasteiger partial charge on any atom is -0.409 e. The summed E-state index contributed by atoms with van der Waals surface area (Å²) in [7, 11) is 0. The lowest BCUT2D eigenvalue weighted by atomic mass is 10.2. The second-order valence-electron chi connectivity index (χ2n) is 3.78. The molecule has 0 aliphatic rings. The molecule has 0 radical (unpaired) electrons. The van der Waals surface area contributed by atoms with Crippen LogP contribution in [0, 0.1) is 5.82 Å². The SMILES string of the molecule is CCn1c(Sc2ccc(F)cc2C(N)=NO)n[nH]c1=O. The fraction of sp³-hybridized carbons (Fsp3) is 0.182. The van der Waals surface area contributed by atoms with Gasteiger partial charge in [0.2, 0.25) is 0 Å². The summed E-state index contributed by atoms with van der Waals surface area (Å²) in [5, 5.41) is 18.2. The Morgan fingerprint density at radius 3 is 3.05 bits per heavy atom. The number of H-pyrrole nitrogens is 1. The summed E-state index contributed by atoms with van der Waals surface area (Å²) in [4.78, 5) is 12.0. The van der Waals surface area contributed by atoms with Gasteiger partial charge >= 0.3 is 5.69 Å². The largest absolute Gasteiger partial charge is 0.409 e. The molecule has 106 valence electrons. The van der Waals surface area contributed by atoms with Gasteiger partial charge in [0, 0.05) is 17.0 Å². The first kappa shape index (κ1) is 14.1. The highest BCUT2D eigenvalue weighted by Crippen LogP contribution is 2.28. The molecule has 0 spiro atoms. The molecule has 4 N–H and O–H groups in total. The van der Waals surface area contributed by atoms with Crippen molar-refractivity contribution < 1.29 is 9.60 Å². The van der Waals surface area contributed by atoms with Crippen molar-refractivity contribution in [3.8, 4) is 0 Å². The smallest absolute Gasteiger partial charge is 0.343 e. The fourth-order valence-electron chi connectivity index (χ4n) is 1.60. The van der Waals surface area contributed by atoms with E-state index in [1.165, 1.54) is 16.7 Å². The number of nitrogens with one attached hydrogen (secondary N) is 1. The maximum Gasteiger partial charge on any atom is 0.343 e. The minimum atomic E-state index is -0.508. The van der Waals surface area contributed by atoms with Crippen molar-refractivity contribution in [3.63, 3.8) is 0 Å². The number of rotatable bonds is 4. The molecule has 2 aromatic rings. The van der Waals surface area contributed by atoms with Gasteiger partial charge in [0.25, 0.3) is 0 Å². The maximum absolute atomic E-state index is 13.3. The number of oxime groups is 1. The topological polar surface area (TPSA) is 109 Å². The molecular weight excluding hydrogens is 285 g/mol. The lowest BCUT2D eigenvalue weighted by molar-refractivity contribution is 0.318. The molecule has 0 fully saturated rings. The molecule has 2 rings (SSSR count). The zero-order chi connectivity index (χ0) is 14.7. The number of nitrogens with zero attached hydrogens (tertiary/aromatic N) is 3. The molecule has 1 heterocycles. The highest BCUT2D eigenvalue weighted by atomic mass is 32.2. The summed E-state index contributed by atoms with van der Waals surface area (Å²) >= 11 is 1.12. The Kier molecular flexibility index (Phi) is 4.08. The van der Waals surface area contributed by atoms with Crippen molar-refractivity contribution in [2.24, 2.45) is 10.9 Å². The van der Waals surface area contributed by atoms with Gasteiger partial charge in [-0.25, -0.2) is 14.3 Å². The van der Waals surface area contributed by atoms with Crippen LogP contribution in [0.1, 0.15) is 12.5 Å². The second kappa shape index (κ2) is 5.78. The lowest BCUT2D eigenvalue weighted by Crippen LogP contribution is -2.17. The first-order chi connectivity index (χ1) is 9.56. The molecule has 0 saturated carbocycles. The predicted molar refractivity (Wildman–Crippen MR) is 71.6 cm³/mol. The van der Waals surface area contributed by atoms with E-state index in [-0.39, 0.29) is 17.1 Å². The van der Waals surface area contributed by atoms with Crippen LogP contribution >= 0.6 is 11.8 Å². The number of hydrogen-bond donors (Lipinski definition) is 3. The van der Waals surface area contributed by atoms with Gasteiger partial charge in [-0.2, -0.15) is 0 Å². The summed E-state index contributed by atoms with van der Waals surface area (Å²) in [6.07, 6.45) is 0. The maximum atomic E-state index is 13.3. The summed E-state index contributed by atoms with van der Waals surface area (Å²) in [5.41, 5.74) is 5.42. The Morgan fingerprint density at radius 2 is 2.40 bits per heavy atom. The van der Waals surface area contributed by atoms with Crippen LogP contribution in [0.5, 0.6) is 0 Å². The third-order valence-corrected chi connectivity index (χ3v) is 3.64. The highest BCUT2D eigenvalue weighted by Gasteiger charge is 2.14. The molecule has 20 heavy (non-hydrogen) atoms. The van der Waals surface area contributed by atoms with Crippen molar-refractivity contribution in [3.05, 3.63) is 40.1 Å². The standard InChI is InChI=1S/C11H12FN5O2S/c1-2-17-10(18)14-15-11(17)20-8-4-3-6(12)5-7(8)9(13)16-19/h3-5,19H,2H2,1H3,(H2,13,16)(H,14,18). The lowest BCUT2D eigenvalue weighted by Gasteiger charge is -2.07. The van der Waals surface area contributed by atoms with Crippen LogP contribution < -0.4 is 11.4 Å². The molecule has 0 aliphatic heterocycles. The molecule has 1 aromatic heterocycles. The van der Waals surface area contributed by atoms with Crippen LogP contribution in [-0.2, 0) is 6.54 Å². The van der Waals surface area contributed by atoms with E-state index in [0.717, 1.165) is 17.8 Å². The number of halogens is 1. The van der Waals surface area contributed by atoms with E-state index in [2.05, 4.69) is 15.4 Å². The van der Waals surface area contributed by atoms with Crippen molar-refractivity contribution in [1.29, 1.82) is 0 Å². The van der Waals surface area contributed by atoms with Gasteiger partial charge in [0.05, 0.1) is 0 Å². The Labute approximate surface area is 117 Å². The Bertz CT molecular complexity index is 709. The fourth-order valence-corrected chi connectivity index (χ4v) is 2.62. The second-order valence-corrected chi connectivity index (χ2v) is 4.79. The molecule has 0 amide bonds. The van der Waals surface area contributed by atoms with Gasteiger partial charge in [0.1, 0.15) is 5.82 Å². The predicted octanol–water partition coefficient (Wildman–Crippen LogP) is 0.976. The van der Waals surface area contributed by atoms with Crippen LogP contribution in [0.15, 0.2) is 38.2 Å². The molecular formula is C11H12FN5O2S. The quantitative estimate of drug-likeness (QED) is 0.337. The minimum absolute atomic E-state index is 0.215. The van der Waals surface area contributed by atoms with E-state index in [1.807, 2.05) is 0 Å². The molecule has 0 bridgehead atoms. The Hall–Kier alpha value is -2.29. The van der Waals surface area contributed by atoms with Crippen LogP contribution in [0.25, 0.3) is 0 Å². The number of nitrogens with two attached hydrogens (primary N) is 1. The third kappa shape index (κ3) is 2.67. The highest BCUT2D eigenvalue weighted by molar-refractivity contribution is 7.99. The van der Waals surface area contributed by atoms with Crippen LogP contribution in [0.3, 0.4) is 0 Å². The van der Waals surface area contributed by atoms with Crippen LogP contribution in [0.2, 0.25) is 0 Å². The Morgan fingerprint density at radius 1 is 1.65 bits per heavy atom. The summed E-state index contributed by atoms with van der Waals surface area (Å²) in [6.45, 7) is 2.24. The van der Waals surface area contributed by atoms with Crippen molar-refractivity contribution in [1.82, 2.24) is 14.8 Å². The molecule has 0 aliphatic carbocycles. The number of aromatic nitrogens is 3. The third-order valence-electron chi connectivity index (χ3n) is 2.57. The van der Waals surface area contributed by atoms with Gasteiger partial charge in [-0.05, 0) is 36.9 Å². The average Bonchev–Trinajstić information content (AvgIpc) is 2.80. The molecule has 0 saturated heterocycles. The van der Waals surface area contributed by atoms with E-state index in [0.29, 0.717) is 16.6 Å². The van der Waals surface area contributed by atoms with E-state index in [1.54, 1.807) is 6.92 Å². The molecule has 0 unspecified atom stereocenters. The van der Waals surface area contributed by atoms with Crippen LogP contribution in [-0.4, -0.2) is 25.8 Å². The van der Waals surface area contributed by atoms with Gasteiger partial charge in [-0.15, -0.1) is 5.10 Å². The normalized spacial score (nSPS) is 11.8. The van der Waals surface area contributed by atoms with E-state index in [9.17, 15) is 9.18 Å². The zero-order valence-corrected chi connectivity index (χ0v) is 11.3. The van der Waals surface area contributed by atoms with E-state index >= 15 is 0 Å². The average molecular weight is 297 g/mol. The summed E-state index contributed by atoms with van der Waals surface area (Å²) in [6, 6.07) is 3.88. The monoisotopic (exact) mass is 297 g/mol. The molecule has 7 nitrogen and oxygen atoms in total. The zero-order valence-electron chi connectivity index (χ0n) is 10.5. The summed E-state index contributed by atoms with van der Waals surface area (Å²) < 4.78 is 14.7. The van der Waals surface area contributed by atoms with Crippen molar-refractivity contribution in [2.75, 3.05) is 0 Å². The number of hydrogen-bond acceptors (Lipinski definition) is 5. The van der Waals surface area contributed by atoms with Gasteiger partial charge in [-0.3, -0.25) is 4.57 Å². The number of aromatic amines is 1. The van der Waals surface area contributed by atoms with Crippen molar-refractivity contribution in [2.45, 2.75) is 23.5 Å². The van der Waals surface area contributed by atoms with Gasteiger partial charge in [-0.1, -0.05) is 5.16 Å².